The number of benzene rings is 1. The first-order valence-electron chi connectivity index (χ1n) is 3.91. The fourth-order valence-corrected chi connectivity index (χ4v) is 1.14. The molecule has 0 aliphatic carbocycles. The van der Waals surface area contributed by atoms with E-state index in [9.17, 15) is 4.39 Å². The van der Waals surface area contributed by atoms with Crippen LogP contribution in [0.5, 0.6) is 0 Å². The summed E-state index contributed by atoms with van der Waals surface area (Å²) in [6.07, 6.45) is 1.90. The van der Waals surface area contributed by atoms with Gasteiger partial charge >= 0.3 is 0 Å². The fourth-order valence-electron chi connectivity index (χ4n) is 1.01. The molecule has 1 aromatic rings. The molecule has 1 N–H and O–H groups in total. The highest BCUT2D eigenvalue weighted by Crippen LogP contribution is 2.04. The lowest BCUT2D eigenvalue weighted by Crippen LogP contribution is -2.01. The summed E-state index contributed by atoms with van der Waals surface area (Å²) in [4.78, 5) is 2.55. The summed E-state index contributed by atoms with van der Waals surface area (Å²) in [7, 11) is 0. The minimum Gasteiger partial charge on any atom is -0.234 e. The molecule has 0 atom stereocenters. The zero-order valence-electron chi connectivity index (χ0n) is 6.69. The number of hydrogen-bond donors (Lipinski definition) is 1. The van der Waals surface area contributed by atoms with Crippen molar-refractivity contribution in [1.82, 2.24) is 4.84 Å². The lowest BCUT2D eigenvalue weighted by atomic mass is 10.1. The van der Waals surface area contributed by atoms with Crippen molar-refractivity contribution < 1.29 is 4.39 Å². The molecule has 0 heterocycles. The molecule has 0 unspecified atom stereocenters. The second-order valence-corrected chi connectivity index (χ2v) is 2.88. The van der Waals surface area contributed by atoms with Crippen molar-refractivity contribution in [3.8, 4) is 0 Å². The third kappa shape index (κ3) is 3.20. The zero-order chi connectivity index (χ0) is 8.81. The molecule has 0 spiro atoms. The molecule has 0 fully saturated rings. The zero-order valence-corrected chi connectivity index (χ0v) is 7.44. The van der Waals surface area contributed by atoms with Crippen LogP contribution in [0.3, 0.4) is 0 Å². The molecule has 3 heteroatoms. The Balaban J connectivity index is 2.37. The van der Waals surface area contributed by atoms with Gasteiger partial charge in [0.05, 0.1) is 0 Å². The Morgan fingerprint density at radius 2 is 1.92 bits per heavy atom. The molecular weight excluding hydrogens is 177 g/mol. The van der Waals surface area contributed by atoms with Crippen molar-refractivity contribution in [3.63, 3.8) is 0 Å². The van der Waals surface area contributed by atoms with Gasteiger partial charge in [0, 0.05) is 6.54 Å². The largest absolute Gasteiger partial charge is 0.234 e. The molecule has 0 saturated carbocycles. The third-order valence-electron chi connectivity index (χ3n) is 1.65. The third-order valence-corrected chi connectivity index (χ3v) is 1.84. The average Bonchev–Trinajstić information content (AvgIpc) is 2.09. The van der Waals surface area contributed by atoms with Crippen LogP contribution < -0.4 is 4.84 Å². The Morgan fingerprint density at radius 1 is 1.25 bits per heavy atom. The van der Waals surface area contributed by atoms with Gasteiger partial charge in [-0.15, -0.1) is 0 Å². The molecule has 0 aliphatic heterocycles. The summed E-state index contributed by atoms with van der Waals surface area (Å²) in [6.45, 7) is 0.777. The van der Waals surface area contributed by atoms with Crippen molar-refractivity contribution in [3.05, 3.63) is 35.6 Å². The first-order valence-corrected chi connectivity index (χ1v) is 4.28. The lowest BCUT2D eigenvalue weighted by molar-refractivity contribution is 0.626. The second kappa shape index (κ2) is 5.12. The van der Waals surface area contributed by atoms with Crippen LogP contribution in [0.1, 0.15) is 12.0 Å². The maximum atomic E-state index is 12.4. The van der Waals surface area contributed by atoms with E-state index in [1.54, 1.807) is 12.1 Å². The minimum atomic E-state index is -0.186. The van der Waals surface area contributed by atoms with Gasteiger partial charge in [0.25, 0.3) is 0 Å². The summed E-state index contributed by atoms with van der Waals surface area (Å²) >= 11 is 5.28. The highest BCUT2D eigenvalue weighted by Gasteiger charge is 1.93. The Hall–Kier alpha value is -0.600. The Bertz CT molecular complexity index is 222. The van der Waals surface area contributed by atoms with Gasteiger partial charge in [-0.3, -0.25) is 0 Å². The van der Waals surface area contributed by atoms with Crippen molar-refractivity contribution in [1.29, 1.82) is 0 Å². The second-order valence-electron chi connectivity index (χ2n) is 2.61. The molecular formula is C9H11ClFN. The predicted molar refractivity (Wildman–Crippen MR) is 48.6 cm³/mol. The minimum absolute atomic E-state index is 0.186. The van der Waals surface area contributed by atoms with Gasteiger partial charge < -0.3 is 0 Å². The summed E-state index contributed by atoms with van der Waals surface area (Å²) in [5.41, 5.74) is 1.14. The van der Waals surface area contributed by atoms with Crippen molar-refractivity contribution in [2.75, 3.05) is 6.54 Å². The smallest absolute Gasteiger partial charge is 0.123 e. The van der Waals surface area contributed by atoms with Gasteiger partial charge in [-0.25, -0.2) is 9.23 Å². The van der Waals surface area contributed by atoms with Crippen molar-refractivity contribution >= 4 is 11.8 Å². The molecule has 0 bridgehead atoms. The van der Waals surface area contributed by atoms with E-state index in [-0.39, 0.29) is 5.82 Å². The van der Waals surface area contributed by atoms with Gasteiger partial charge in [0.2, 0.25) is 0 Å². The maximum absolute atomic E-state index is 12.4. The fraction of sp³-hybridized carbons (Fsp3) is 0.333. The highest BCUT2D eigenvalue weighted by atomic mass is 35.5. The van der Waals surface area contributed by atoms with Gasteiger partial charge in [-0.2, -0.15) is 0 Å². The average molecular weight is 188 g/mol. The predicted octanol–water partition coefficient (Wildman–Crippen LogP) is 2.50. The Kier molecular flexibility index (Phi) is 4.05. The Labute approximate surface area is 76.7 Å². The number of halogens is 2. The molecule has 1 nitrogen and oxygen atoms in total. The van der Waals surface area contributed by atoms with Crippen LogP contribution in [-0.4, -0.2) is 6.54 Å². The van der Waals surface area contributed by atoms with Crippen LogP contribution in [0.4, 0.5) is 4.39 Å². The monoisotopic (exact) mass is 187 g/mol. The van der Waals surface area contributed by atoms with Crippen LogP contribution in [0, 0.1) is 5.82 Å². The van der Waals surface area contributed by atoms with E-state index in [4.69, 9.17) is 11.8 Å². The molecule has 0 aromatic heterocycles. The van der Waals surface area contributed by atoms with Crippen LogP contribution in [0.2, 0.25) is 0 Å². The molecule has 0 radical (unpaired) electrons. The van der Waals surface area contributed by atoms with E-state index in [1.165, 1.54) is 12.1 Å². The molecule has 1 rings (SSSR count). The number of nitrogens with one attached hydrogen (secondary N) is 1. The van der Waals surface area contributed by atoms with Crippen molar-refractivity contribution in [2.45, 2.75) is 12.8 Å². The van der Waals surface area contributed by atoms with Crippen molar-refractivity contribution in [2.24, 2.45) is 0 Å². The normalized spacial score (nSPS) is 10.2. The Morgan fingerprint density at radius 3 is 2.50 bits per heavy atom. The molecule has 0 aliphatic rings. The van der Waals surface area contributed by atoms with Gasteiger partial charge in [0.1, 0.15) is 5.82 Å². The van der Waals surface area contributed by atoms with E-state index < -0.39 is 0 Å². The van der Waals surface area contributed by atoms with E-state index in [0.29, 0.717) is 0 Å². The molecule has 0 saturated heterocycles. The van der Waals surface area contributed by atoms with E-state index in [0.717, 1.165) is 24.9 Å². The molecule has 66 valence electrons. The SMILES string of the molecule is Fc1ccc(CCCNCl)cc1. The van der Waals surface area contributed by atoms with Crippen LogP contribution in [-0.2, 0) is 6.42 Å². The number of hydrogen-bond acceptors (Lipinski definition) is 1. The van der Waals surface area contributed by atoms with Crippen LogP contribution in [0.15, 0.2) is 24.3 Å². The highest BCUT2D eigenvalue weighted by molar-refractivity contribution is 6.13. The van der Waals surface area contributed by atoms with Gasteiger partial charge in [-0.1, -0.05) is 12.1 Å². The topological polar surface area (TPSA) is 12.0 Å². The number of rotatable bonds is 4. The standard InChI is InChI=1S/C9H11ClFN/c10-12-7-1-2-8-3-5-9(11)6-4-8/h3-6,12H,1-2,7H2. The quantitative estimate of drug-likeness (QED) is 0.564. The molecule has 0 amide bonds. The van der Waals surface area contributed by atoms with E-state index in [1.807, 2.05) is 0 Å². The summed E-state index contributed by atoms with van der Waals surface area (Å²) in [6, 6.07) is 6.54. The first kappa shape index (κ1) is 9.49. The van der Waals surface area contributed by atoms with Gasteiger partial charge in [-0.05, 0) is 42.3 Å². The van der Waals surface area contributed by atoms with E-state index >= 15 is 0 Å². The first-order chi connectivity index (χ1) is 5.83. The summed E-state index contributed by atoms with van der Waals surface area (Å²) in [5, 5.41) is 0. The lowest BCUT2D eigenvalue weighted by Gasteiger charge is -1.99. The van der Waals surface area contributed by atoms with Crippen LogP contribution in [0.25, 0.3) is 0 Å². The summed E-state index contributed by atoms with van der Waals surface area (Å²) < 4.78 is 12.4. The van der Waals surface area contributed by atoms with Crippen LogP contribution >= 0.6 is 11.8 Å². The molecule has 1 aromatic carbocycles. The maximum Gasteiger partial charge on any atom is 0.123 e. The summed E-state index contributed by atoms with van der Waals surface area (Å²) in [5.74, 6) is -0.186. The molecule has 12 heavy (non-hydrogen) atoms. The van der Waals surface area contributed by atoms with E-state index in [2.05, 4.69) is 4.84 Å². The number of aryl methyl sites for hydroxylation is 1. The van der Waals surface area contributed by atoms with Gasteiger partial charge in [0.15, 0.2) is 0 Å².